The van der Waals surface area contributed by atoms with Crippen LogP contribution in [0.3, 0.4) is 0 Å². The number of carbonyl (C=O) groups excluding carboxylic acids is 2. The predicted octanol–water partition coefficient (Wildman–Crippen LogP) is 2.92. The molecule has 0 radical (unpaired) electrons. The van der Waals surface area contributed by atoms with E-state index in [-0.39, 0.29) is 34.9 Å². The molecular formula is C23H26ClFN2O6. The van der Waals surface area contributed by atoms with Gasteiger partial charge in [0.2, 0.25) is 5.43 Å². The van der Waals surface area contributed by atoms with Crippen molar-refractivity contribution >= 4 is 23.3 Å². The molecule has 1 aliphatic rings. The number of hydrogen-bond donors (Lipinski definition) is 2. The van der Waals surface area contributed by atoms with Gasteiger partial charge in [0.05, 0.1) is 23.1 Å². The number of halogens is 2. The Morgan fingerprint density at radius 1 is 1.36 bits per heavy atom. The highest BCUT2D eigenvalue weighted by molar-refractivity contribution is 6.30. The van der Waals surface area contributed by atoms with Crippen molar-refractivity contribution in [1.82, 2.24) is 9.88 Å². The van der Waals surface area contributed by atoms with E-state index in [0.717, 1.165) is 0 Å². The summed E-state index contributed by atoms with van der Waals surface area (Å²) >= 11 is 5.75. The van der Waals surface area contributed by atoms with Gasteiger partial charge in [-0.05, 0) is 25.8 Å². The van der Waals surface area contributed by atoms with Crippen LogP contribution in [-0.2, 0) is 22.6 Å². The lowest BCUT2D eigenvalue weighted by molar-refractivity contribution is -0.0209. The SMILES string of the molecule is COCCCC1(C)C(=O)c2c(O)c(=O)c(C(=O)NCc3cccc(Cl)c3F)cn2C[C@@H]1OC. The van der Waals surface area contributed by atoms with E-state index in [9.17, 15) is 23.9 Å². The molecule has 0 saturated heterocycles. The fourth-order valence-electron chi connectivity index (χ4n) is 4.14. The summed E-state index contributed by atoms with van der Waals surface area (Å²) in [6, 6.07) is 4.36. The molecule has 1 aromatic carbocycles. The van der Waals surface area contributed by atoms with Gasteiger partial charge in [-0.3, -0.25) is 14.4 Å². The number of methoxy groups -OCH3 is 2. The minimum Gasteiger partial charge on any atom is -0.503 e. The fourth-order valence-corrected chi connectivity index (χ4v) is 4.33. The number of ketones is 1. The molecule has 1 aromatic heterocycles. The van der Waals surface area contributed by atoms with Crippen molar-refractivity contribution in [3.8, 4) is 5.75 Å². The topological polar surface area (TPSA) is 107 Å². The minimum absolute atomic E-state index is 0.0917. The molecule has 0 spiro atoms. The van der Waals surface area contributed by atoms with Crippen molar-refractivity contribution in [2.45, 2.75) is 39.0 Å². The van der Waals surface area contributed by atoms with E-state index in [0.29, 0.717) is 19.4 Å². The first-order valence-electron chi connectivity index (χ1n) is 10.4. The standard InChI is InChI=1S/C23H26ClFN2O6/c1-23(8-5-9-32-2)16(33-3)12-27-11-14(19(28)20(29)18(27)21(23)30)22(31)26-10-13-6-4-7-15(24)17(13)25/h4,6-7,11,16,29H,5,8-10,12H2,1-3H3,(H,26,31)/t16-,23?/m0/s1. The Morgan fingerprint density at radius 2 is 2.09 bits per heavy atom. The molecule has 2 aromatic rings. The van der Waals surface area contributed by atoms with E-state index in [1.54, 1.807) is 14.0 Å². The first kappa shape index (κ1) is 24.9. The van der Waals surface area contributed by atoms with Crippen LogP contribution in [0.4, 0.5) is 4.39 Å². The van der Waals surface area contributed by atoms with Crippen LogP contribution >= 0.6 is 11.6 Å². The third-order valence-corrected chi connectivity index (χ3v) is 6.40. The van der Waals surface area contributed by atoms with E-state index in [1.165, 1.54) is 36.1 Å². The quantitative estimate of drug-likeness (QED) is 0.563. The van der Waals surface area contributed by atoms with Crippen molar-refractivity contribution < 1.29 is 28.6 Å². The lowest BCUT2D eigenvalue weighted by Crippen LogP contribution is -2.50. The average molecular weight is 481 g/mol. The van der Waals surface area contributed by atoms with Gasteiger partial charge in [-0.1, -0.05) is 23.7 Å². The Balaban J connectivity index is 1.92. The van der Waals surface area contributed by atoms with Crippen LogP contribution < -0.4 is 10.7 Å². The summed E-state index contributed by atoms with van der Waals surface area (Å²) < 4.78 is 26.1. The van der Waals surface area contributed by atoms with E-state index < -0.39 is 40.2 Å². The molecule has 1 amide bonds. The van der Waals surface area contributed by atoms with Crippen molar-refractivity contribution in [2.75, 3.05) is 20.8 Å². The minimum atomic E-state index is -0.981. The third-order valence-electron chi connectivity index (χ3n) is 6.11. The molecule has 0 saturated carbocycles. The van der Waals surface area contributed by atoms with Gasteiger partial charge in [-0.2, -0.15) is 0 Å². The number of aromatic nitrogens is 1. The van der Waals surface area contributed by atoms with Gasteiger partial charge in [0.1, 0.15) is 17.1 Å². The number of ether oxygens (including phenoxy) is 2. The molecule has 3 rings (SSSR count). The lowest BCUT2D eigenvalue weighted by Gasteiger charge is -2.41. The molecule has 0 bridgehead atoms. The number of carbonyl (C=O) groups is 2. The number of hydrogen-bond acceptors (Lipinski definition) is 6. The summed E-state index contributed by atoms with van der Waals surface area (Å²) in [6.45, 7) is 2.11. The Morgan fingerprint density at radius 3 is 2.76 bits per heavy atom. The van der Waals surface area contributed by atoms with Crippen LogP contribution in [0.2, 0.25) is 5.02 Å². The largest absolute Gasteiger partial charge is 0.503 e. The zero-order valence-corrected chi connectivity index (χ0v) is 19.4. The number of Topliss-reactive ketones (excluding diaryl/α,β-unsaturated/α-hetero) is 1. The van der Waals surface area contributed by atoms with E-state index in [1.807, 2.05) is 0 Å². The number of fused-ring (bicyclic) bond motifs is 1. The Labute approximate surface area is 195 Å². The molecule has 2 heterocycles. The molecule has 178 valence electrons. The second-order valence-electron chi connectivity index (χ2n) is 8.18. The van der Waals surface area contributed by atoms with Crippen molar-refractivity contribution in [3.63, 3.8) is 0 Å². The normalized spacial score (nSPS) is 19.9. The van der Waals surface area contributed by atoms with Crippen molar-refractivity contribution in [2.24, 2.45) is 5.41 Å². The van der Waals surface area contributed by atoms with Gasteiger partial charge in [0.15, 0.2) is 11.5 Å². The highest BCUT2D eigenvalue weighted by atomic mass is 35.5. The summed E-state index contributed by atoms with van der Waals surface area (Å²) in [6.07, 6.45) is 1.69. The van der Waals surface area contributed by atoms with E-state index in [2.05, 4.69) is 5.32 Å². The fraction of sp³-hybridized carbons (Fsp3) is 0.435. The molecule has 1 aliphatic heterocycles. The molecule has 2 atom stereocenters. The molecule has 33 heavy (non-hydrogen) atoms. The summed E-state index contributed by atoms with van der Waals surface area (Å²) in [4.78, 5) is 38.8. The number of pyridine rings is 1. The number of benzene rings is 1. The molecule has 0 fully saturated rings. The van der Waals surface area contributed by atoms with Crippen LogP contribution in [0.5, 0.6) is 5.75 Å². The van der Waals surface area contributed by atoms with Gasteiger partial charge in [0.25, 0.3) is 5.91 Å². The van der Waals surface area contributed by atoms with Crippen LogP contribution in [0.15, 0.2) is 29.2 Å². The number of nitrogens with zero attached hydrogens (tertiary/aromatic N) is 1. The number of rotatable bonds is 8. The highest BCUT2D eigenvalue weighted by Crippen LogP contribution is 2.40. The summed E-state index contributed by atoms with van der Waals surface area (Å²) in [7, 11) is 3.04. The second kappa shape index (κ2) is 10.0. The van der Waals surface area contributed by atoms with Gasteiger partial charge in [-0.25, -0.2) is 4.39 Å². The number of nitrogens with one attached hydrogen (secondary N) is 1. The maximum atomic E-state index is 14.1. The monoisotopic (exact) mass is 480 g/mol. The van der Waals surface area contributed by atoms with Gasteiger partial charge < -0.3 is 24.5 Å². The third kappa shape index (κ3) is 4.66. The van der Waals surface area contributed by atoms with Crippen molar-refractivity contribution in [3.05, 3.63) is 62.3 Å². The van der Waals surface area contributed by atoms with Gasteiger partial charge >= 0.3 is 0 Å². The maximum absolute atomic E-state index is 14.1. The van der Waals surface area contributed by atoms with Gasteiger partial charge in [-0.15, -0.1) is 0 Å². The summed E-state index contributed by atoms with van der Waals surface area (Å²) in [5, 5.41) is 13.0. The zero-order chi connectivity index (χ0) is 24.3. The second-order valence-corrected chi connectivity index (χ2v) is 8.59. The maximum Gasteiger partial charge on any atom is 0.257 e. The Bertz CT molecular complexity index is 1130. The number of aromatic hydroxyl groups is 1. The molecular weight excluding hydrogens is 455 g/mol. The Hall–Kier alpha value is -2.75. The molecule has 10 heteroatoms. The van der Waals surface area contributed by atoms with Crippen LogP contribution in [-0.4, -0.2) is 48.3 Å². The van der Waals surface area contributed by atoms with Crippen LogP contribution in [0.25, 0.3) is 0 Å². The zero-order valence-electron chi connectivity index (χ0n) is 18.6. The molecule has 2 N–H and O–H groups in total. The molecule has 0 aliphatic carbocycles. The first-order chi connectivity index (χ1) is 15.7. The van der Waals surface area contributed by atoms with Gasteiger partial charge in [0, 0.05) is 39.1 Å². The van der Waals surface area contributed by atoms with Crippen LogP contribution in [0.1, 0.15) is 46.2 Å². The lowest BCUT2D eigenvalue weighted by atomic mass is 9.72. The van der Waals surface area contributed by atoms with E-state index >= 15 is 0 Å². The Kier molecular flexibility index (Phi) is 7.56. The average Bonchev–Trinajstić information content (AvgIpc) is 2.79. The highest BCUT2D eigenvalue weighted by Gasteiger charge is 2.48. The molecule has 1 unspecified atom stereocenters. The van der Waals surface area contributed by atoms with Crippen molar-refractivity contribution in [1.29, 1.82) is 0 Å². The summed E-state index contributed by atoms with van der Waals surface area (Å²) in [5.41, 5.74) is -2.35. The molecule has 8 nitrogen and oxygen atoms in total. The van der Waals surface area contributed by atoms with E-state index in [4.69, 9.17) is 21.1 Å². The smallest absolute Gasteiger partial charge is 0.257 e. The first-order valence-corrected chi connectivity index (χ1v) is 10.8. The van der Waals surface area contributed by atoms with Crippen LogP contribution in [0, 0.1) is 11.2 Å². The number of amides is 1. The summed E-state index contributed by atoms with van der Waals surface area (Å²) in [5.74, 6) is -2.74. The predicted molar refractivity (Wildman–Crippen MR) is 119 cm³/mol.